The minimum Gasteiger partial charge on any atom is -0.356 e. The van der Waals surface area contributed by atoms with Gasteiger partial charge in [0, 0.05) is 6.42 Å². The molecule has 1 aromatic carbocycles. The highest BCUT2D eigenvalue weighted by Gasteiger charge is 2.43. The largest absolute Gasteiger partial charge is 0.433 e. The van der Waals surface area contributed by atoms with Gasteiger partial charge in [-0.05, 0) is 24.7 Å². The van der Waals surface area contributed by atoms with Gasteiger partial charge in [-0.2, -0.15) is 0 Å². The van der Waals surface area contributed by atoms with Gasteiger partial charge in [-0.15, -0.1) is 0 Å². The SMILES string of the molecule is CC1(C)OC(c2ccccc2)CC[n+]2[nH]oc(=O)c21. The number of aryl methyl sites for hydroxylation is 1. The molecule has 1 atom stereocenters. The number of ether oxygens (including phenoxy) is 1. The van der Waals surface area contributed by atoms with E-state index in [0.29, 0.717) is 12.2 Å². The summed E-state index contributed by atoms with van der Waals surface area (Å²) >= 11 is 0. The lowest BCUT2D eigenvalue weighted by atomic mass is 10.0. The molecule has 0 amide bonds. The number of rotatable bonds is 1. The van der Waals surface area contributed by atoms with Crippen molar-refractivity contribution in [3.63, 3.8) is 0 Å². The lowest BCUT2D eigenvalue weighted by Crippen LogP contribution is -2.45. The fraction of sp³-hybridized carbons (Fsp3) is 0.429. The third kappa shape index (κ3) is 2.10. The Morgan fingerprint density at radius 2 is 2.05 bits per heavy atom. The smallest absolute Gasteiger partial charge is 0.356 e. The second kappa shape index (κ2) is 4.35. The number of nitrogens with zero attached hydrogens (tertiary/aromatic N) is 1. The first-order chi connectivity index (χ1) is 9.08. The molecule has 0 saturated carbocycles. The molecule has 0 aliphatic carbocycles. The van der Waals surface area contributed by atoms with Crippen molar-refractivity contribution in [1.29, 1.82) is 0 Å². The highest BCUT2D eigenvalue weighted by Crippen LogP contribution is 2.33. The molecule has 1 N–H and O–H groups in total. The Kier molecular flexibility index (Phi) is 2.78. The number of aromatic nitrogens is 2. The van der Waals surface area contributed by atoms with E-state index < -0.39 is 5.60 Å². The molecule has 2 aromatic rings. The van der Waals surface area contributed by atoms with Crippen molar-refractivity contribution >= 4 is 0 Å². The topological polar surface area (TPSA) is 59.1 Å². The molecule has 0 spiro atoms. The summed E-state index contributed by atoms with van der Waals surface area (Å²) in [5.74, 6) is 0. The molecule has 0 radical (unpaired) electrons. The summed E-state index contributed by atoms with van der Waals surface area (Å²) in [6.07, 6.45) is 0.768. The van der Waals surface area contributed by atoms with Gasteiger partial charge in [0.25, 0.3) is 0 Å². The van der Waals surface area contributed by atoms with Gasteiger partial charge in [-0.3, -0.25) is 4.52 Å². The number of H-pyrrole nitrogens is 1. The average Bonchev–Trinajstić information content (AvgIpc) is 2.70. The minimum absolute atomic E-state index is 0.0242. The van der Waals surface area contributed by atoms with Gasteiger partial charge >= 0.3 is 11.3 Å². The summed E-state index contributed by atoms with van der Waals surface area (Å²) < 4.78 is 12.7. The van der Waals surface area contributed by atoms with Crippen LogP contribution in [0.3, 0.4) is 0 Å². The minimum atomic E-state index is -0.683. The molecule has 0 saturated heterocycles. The van der Waals surface area contributed by atoms with Crippen LogP contribution >= 0.6 is 0 Å². The first-order valence-corrected chi connectivity index (χ1v) is 6.42. The van der Waals surface area contributed by atoms with Crippen molar-refractivity contribution in [3.8, 4) is 0 Å². The summed E-state index contributed by atoms with van der Waals surface area (Å²) in [6, 6.07) is 10.1. The fourth-order valence-electron chi connectivity index (χ4n) is 2.65. The first kappa shape index (κ1) is 12.2. The van der Waals surface area contributed by atoms with E-state index in [-0.39, 0.29) is 11.7 Å². The first-order valence-electron chi connectivity index (χ1n) is 6.42. The van der Waals surface area contributed by atoms with Gasteiger partial charge in [0.2, 0.25) is 0 Å². The Morgan fingerprint density at radius 1 is 1.32 bits per heavy atom. The zero-order chi connectivity index (χ0) is 13.5. The van der Waals surface area contributed by atoms with Crippen LogP contribution in [0.5, 0.6) is 0 Å². The van der Waals surface area contributed by atoms with Crippen molar-refractivity contribution in [2.45, 2.75) is 38.5 Å². The quantitative estimate of drug-likeness (QED) is 0.794. The normalized spacial score (nSPS) is 21.7. The molecule has 1 unspecified atom stereocenters. The van der Waals surface area contributed by atoms with Crippen LogP contribution in [-0.4, -0.2) is 5.27 Å². The van der Waals surface area contributed by atoms with E-state index in [2.05, 4.69) is 5.27 Å². The molecule has 1 aromatic heterocycles. The van der Waals surface area contributed by atoms with Crippen LogP contribution in [0, 0.1) is 0 Å². The molecule has 0 bridgehead atoms. The summed E-state index contributed by atoms with van der Waals surface area (Å²) in [7, 11) is 0. The van der Waals surface area contributed by atoms with Crippen molar-refractivity contribution < 1.29 is 13.9 Å². The summed E-state index contributed by atoms with van der Waals surface area (Å²) in [4.78, 5) is 11.8. The van der Waals surface area contributed by atoms with Crippen molar-refractivity contribution in [2.75, 3.05) is 0 Å². The molecule has 1 aliphatic rings. The molecule has 5 nitrogen and oxygen atoms in total. The zero-order valence-corrected chi connectivity index (χ0v) is 11.1. The Bertz CT molecular complexity index is 628. The van der Waals surface area contributed by atoms with Gasteiger partial charge in [0.15, 0.2) is 12.1 Å². The van der Waals surface area contributed by atoms with E-state index in [4.69, 9.17) is 9.26 Å². The maximum absolute atomic E-state index is 11.8. The van der Waals surface area contributed by atoms with Crippen LogP contribution in [0.1, 0.15) is 37.6 Å². The molecule has 3 rings (SSSR count). The van der Waals surface area contributed by atoms with Gasteiger partial charge in [-0.25, -0.2) is 4.79 Å². The molecule has 5 heteroatoms. The molecule has 2 heterocycles. The van der Waals surface area contributed by atoms with E-state index in [1.165, 1.54) is 0 Å². The second-order valence-corrected chi connectivity index (χ2v) is 5.30. The number of fused-ring (bicyclic) bond motifs is 1. The van der Waals surface area contributed by atoms with Crippen molar-refractivity contribution in [2.24, 2.45) is 0 Å². The standard InChI is InChI=1S/C14H16N2O3/c1-14(2)12-13(17)19-15-16(12)9-8-11(18-14)10-6-4-3-5-7-10/h3-7,11H,8-9H2,1-2H3/p+1. The summed E-state index contributed by atoms with van der Waals surface area (Å²) in [6.45, 7) is 4.46. The number of hydrogen-bond donors (Lipinski definition) is 1. The van der Waals surface area contributed by atoms with Crippen LogP contribution in [0.25, 0.3) is 0 Å². The number of aromatic amines is 1. The Labute approximate surface area is 110 Å². The number of nitrogens with one attached hydrogen (secondary N) is 1. The van der Waals surface area contributed by atoms with E-state index in [9.17, 15) is 4.79 Å². The van der Waals surface area contributed by atoms with Gasteiger partial charge in [-0.1, -0.05) is 35.0 Å². The van der Waals surface area contributed by atoms with E-state index >= 15 is 0 Å². The highest BCUT2D eigenvalue weighted by atomic mass is 16.5. The summed E-state index contributed by atoms with van der Waals surface area (Å²) in [5.41, 5.74) is 0.618. The molecular formula is C14H17N2O3+. The zero-order valence-electron chi connectivity index (χ0n) is 11.1. The third-order valence-corrected chi connectivity index (χ3v) is 3.51. The third-order valence-electron chi connectivity index (χ3n) is 3.51. The van der Waals surface area contributed by atoms with E-state index in [0.717, 1.165) is 12.0 Å². The van der Waals surface area contributed by atoms with E-state index in [1.807, 2.05) is 44.2 Å². The summed E-state index contributed by atoms with van der Waals surface area (Å²) in [5, 5.41) is 2.64. The fourth-order valence-corrected chi connectivity index (χ4v) is 2.65. The molecule has 1 aliphatic heterocycles. The predicted octanol–water partition coefficient (Wildman–Crippen LogP) is 1.65. The number of hydrogen-bond acceptors (Lipinski definition) is 3. The van der Waals surface area contributed by atoms with Gasteiger partial charge in [0.05, 0.1) is 6.10 Å². The Hall–Kier alpha value is -1.88. The van der Waals surface area contributed by atoms with Gasteiger partial charge in [0.1, 0.15) is 0 Å². The Balaban J connectivity index is 1.99. The van der Waals surface area contributed by atoms with Crippen molar-refractivity contribution in [1.82, 2.24) is 5.27 Å². The van der Waals surface area contributed by atoms with Crippen LogP contribution in [0.4, 0.5) is 0 Å². The predicted molar refractivity (Wildman–Crippen MR) is 67.4 cm³/mol. The van der Waals surface area contributed by atoms with Crippen LogP contribution in [-0.2, 0) is 16.9 Å². The lowest BCUT2D eigenvalue weighted by Gasteiger charge is -2.24. The molecular weight excluding hydrogens is 244 g/mol. The molecule has 100 valence electrons. The van der Waals surface area contributed by atoms with Gasteiger partial charge < -0.3 is 4.74 Å². The van der Waals surface area contributed by atoms with E-state index in [1.54, 1.807) is 4.68 Å². The maximum atomic E-state index is 11.8. The Morgan fingerprint density at radius 3 is 2.79 bits per heavy atom. The maximum Gasteiger partial charge on any atom is 0.433 e. The highest BCUT2D eigenvalue weighted by molar-refractivity contribution is 5.18. The van der Waals surface area contributed by atoms with Crippen molar-refractivity contribution in [3.05, 3.63) is 52.0 Å². The number of benzene rings is 1. The average molecular weight is 261 g/mol. The second-order valence-electron chi connectivity index (χ2n) is 5.30. The lowest BCUT2D eigenvalue weighted by molar-refractivity contribution is -0.770. The van der Waals surface area contributed by atoms with Crippen LogP contribution in [0.15, 0.2) is 39.6 Å². The molecule has 19 heavy (non-hydrogen) atoms. The van der Waals surface area contributed by atoms with Crippen LogP contribution in [0.2, 0.25) is 0 Å². The van der Waals surface area contributed by atoms with Crippen LogP contribution < -0.4 is 10.3 Å². The molecule has 0 fully saturated rings. The monoisotopic (exact) mass is 261 g/mol.